The lowest BCUT2D eigenvalue weighted by Crippen LogP contribution is -2.25. The summed E-state index contributed by atoms with van der Waals surface area (Å²) in [6.07, 6.45) is 4.24. The molecule has 5 nitrogen and oxygen atoms in total. The van der Waals surface area contributed by atoms with Crippen LogP contribution in [0.1, 0.15) is 71.9 Å². The van der Waals surface area contributed by atoms with Crippen molar-refractivity contribution in [2.75, 3.05) is 0 Å². The Morgan fingerprint density at radius 2 is 1.65 bits per heavy atom. The molecule has 2 aliphatic heterocycles. The van der Waals surface area contributed by atoms with Gasteiger partial charge in [0, 0.05) is 33.6 Å². The predicted molar refractivity (Wildman–Crippen MR) is 137 cm³/mol. The molecule has 0 aliphatic carbocycles. The maximum absolute atomic E-state index is 13.2. The number of benzene rings is 3. The van der Waals surface area contributed by atoms with Gasteiger partial charge >= 0.3 is 0 Å². The fourth-order valence-corrected chi connectivity index (χ4v) is 6.44. The molecule has 34 heavy (non-hydrogen) atoms. The van der Waals surface area contributed by atoms with Crippen LogP contribution in [-0.4, -0.2) is 21.4 Å². The summed E-state index contributed by atoms with van der Waals surface area (Å²) in [4.78, 5) is 30.1. The van der Waals surface area contributed by atoms with Crippen molar-refractivity contribution in [3.05, 3.63) is 58.7 Å². The zero-order valence-electron chi connectivity index (χ0n) is 19.8. The Kier molecular flexibility index (Phi) is 3.79. The summed E-state index contributed by atoms with van der Waals surface area (Å²) in [6, 6.07) is 12.7. The molecular weight excluding hydrogens is 422 g/mol. The smallest absolute Gasteiger partial charge is 0.259 e. The quantitative estimate of drug-likeness (QED) is 0.316. The minimum atomic E-state index is -0.293. The van der Waals surface area contributed by atoms with Gasteiger partial charge in [-0.25, -0.2) is 0 Å². The van der Waals surface area contributed by atoms with Gasteiger partial charge in [-0.15, -0.1) is 0 Å². The summed E-state index contributed by atoms with van der Waals surface area (Å²) in [5.41, 5.74) is 7.98. The molecule has 7 rings (SSSR count). The number of carbonyl (C=O) groups excluding carboxylic acids is 2. The van der Waals surface area contributed by atoms with Gasteiger partial charge in [-0.05, 0) is 35.8 Å². The molecule has 0 saturated carbocycles. The summed E-state index contributed by atoms with van der Waals surface area (Å²) < 4.78 is 2.39. The minimum Gasteiger partial charge on any atom is -0.353 e. The van der Waals surface area contributed by atoms with E-state index < -0.39 is 0 Å². The molecule has 0 fully saturated rings. The molecule has 0 unspecified atom stereocenters. The first-order valence-corrected chi connectivity index (χ1v) is 12.3. The minimum absolute atomic E-state index is 0.0536. The number of H-pyrrole nitrogens is 1. The number of unbranched alkanes of at least 4 members (excludes halogenated alkanes) is 1. The van der Waals surface area contributed by atoms with Crippen molar-refractivity contribution in [1.29, 1.82) is 0 Å². The van der Waals surface area contributed by atoms with E-state index in [1.807, 2.05) is 0 Å². The second kappa shape index (κ2) is 6.50. The Morgan fingerprint density at radius 1 is 0.912 bits per heavy atom. The van der Waals surface area contributed by atoms with Gasteiger partial charge in [-0.3, -0.25) is 14.9 Å². The zero-order valence-corrected chi connectivity index (χ0v) is 19.8. The maximum Gasteiger partial charge on any atom is 0.259 e. The number of rotatable bonds is 3. The Bertz CT molecular complexity index is 1730. The number of aromatic amines is 1. The van der Waals surface area contributed by atoms with E-state index in [2.05, 4.69) is 72.0 Å². The van der Waals surface area contributed by atoms with Gasteiger partial charge < -0.3 is 9.55 Å². The highest BCUT2D eigenvalue weighted by molar-refractivity contribution is 6.39. The van der Waals surface area contributed by atoms with Gasteiger partial charge in [0.25, 0.3) is 11.8 Å². The van der Waals surface area contributed by atoms with Gasteiger partial charge in [-0.1, -0.05) is 63.6 Å². The van der Waals surface area contributed by atoms with Gasteiger partial charge in [0.15, 0.2) is 0 Å². The fourth-order valence-electron chi connectivity index (χ4n) is 6.44. The number of para-hydroxylation sites is 2. The third-order valence-electron chi connectivity index (χ3n) is 8.16. The molecule has 2 N–H and O–H groups in total. The number of hydrogen-bond donors (Lipinski definition) is 2. The van der Waals surface area contributed by atoms with E-state index in [0.29, 0.717) is 11.1 Å². The van der Waals surface area contributed by atoms with Crippen LogP contribution in [0.2, 0.25) is 0 Å². The third kappa shape index (κ3) is 2.29. The number of nitrogens with zero attached hydrogens (tertiary/aromatic N) is 1. The first-order chi connectivity index (χ1) is 16.4. The van der Waals surface area contributed by atoms with Gasteiger partial charge in [0.05, 0.1) is 27.7 Å². The first kappa shape index (κ1) is 19.8. The lowest BCUT2D eigenvalue weighted by molar-refractivity contribution is 0.0880. The largest absolute Gasteiger partial charge is 0.353 e. The number of imide groups is 1. The highest BCUT2D eigenvalue weighted by atomic mass is 16.2. The summed E-state index contributed by atoms with van der Waals surface area (Å²) in [5, 5.41) is 6.48. The topological polar surface area (TPSA) is 66.9 Å². The molecule has 5 heteroatoms. The van der Waals surface area contributed by atoms with Gasteiger partial charge in [0.2, 0.25) is 0 Å². The lowest BCUT2D eigenvalue weighted by Gasteiger charge is -2.32. The molecule has 0 atom stereocenters. The van der Waals surface area contributed by atoms with E-state index >= 15 is 0 Å². The maximum atomic E-state index is 13.2. The van der Waals surface area contributed by atoms with Crippen molar-refractivity contribution in [1.82, 2.24) is 14.9 Å². The van der Waals surface area contributed by atoms with Crippen molar-refractivity contribution >= 4 is 55.4 Å². The van der Waals surface area contributed by atoms with Crippen molar-refractivity contribution in [3.8, 4) is 0 Å². The van der Waals surface area contributed by atoms with Crippen LogP contribution in [-0.2, 0) is 18.4 Å². The predicted octanol–water partition coefficient (Wildman–Crippen LogP) is 6.34. The highest BCUT2D eigenvalue weighted by Crippen LogP contribution is 2.48. The first-order valence-electron chi connectivity index (χ1n) is 12.3. The molecule has 2 amide bonds. The van der Waals surface area contributed by atoms with E-state index in [0.717, 1.165) is 70.3 Å². The molecule has 0 bridgehead atoms. The summed E-state index contributed by atoms with van der Waals surface area (Å²) in [6.45, 7) is 7.67. The number of fused-ring (bicyclic) bond motifs is 10. The van der Waals surface area contributed by atoms with Crippen LogP contribution in [0, 0.1) is 0 Å². The molecule has 0 saturated heterocycles. The second-order valence-electron chi connectivity index (χ2n) is 10.6. The third-order valence-corrected chi connectivity index (χ3v) is 8.16. The lowest BCUT2D eigenvalue weighted by atomic mass is 9.79. The van der Waals surface area contributed by atoms with Crippen LogP contribution >= 0.6 is 0 Å². The van der Waals surface area contributed by atoms with Gasteiger partial charge in [0.1, 0.15) is 0 Å². The number of carbonyl (C=O) groups is 2. The molecule has 170 valence electrons. The number of aryl methyl sites for hydroxylation is 2. The van der Waals surface area contributed by atoms with Crippen LogP contribution in [0.3, 0.4) is 0 Å². The Morgan fingerprint density at radius 3 is 2.44 bits per heavy atom. The van der Waals surface area contributed by atoms with Gasteiger partial charge in [-0.2, -0.15) is 0 Å². The molecular formula is C29H27N3O2. The number of amides is 2. The molecule has 2 aliphatic rings. The van der Waals surface area contributed by atoms with Crippen molar-refractivity contribution in [3.63, 3.8) is 0 Å². The average molecular weight is 450 g/mol. The van der Waals surface area contributed by atoms with E-state index in [9.17, 15) is 9.59 Å². The standard InChI is InChI=1S/C29H27N3O2/c1-4-5-8-15-9-6-10-16-19-21-22(28(34)31-27(21)33)20-17-11-7-12-18-25(17)32(14-13-29(18,2)3)26(20)24(19)30-23(15)16/h6-7,9-12,30H,4-5,8,13-14H2,1-3H3,(H,31,33,34). The molecule has 0 radical (unpaired) electrons. The molecule has 4 heterocycles. The SMILES string of the molecule is CCCCc1cccc2c1[nH]c1c2c2c(c3c4cccc5c4n(c13)CCC5(C)C)C(=O)NC2=O. The van der Waals surface area contributed by atoms with Crippen molar-refractivity contribution < 1.29 is 9.59 Å². The molecule has 0 spiro atoms. The fraction of sp³-hybridized carbons (Fsp3) is 0.310. The van der Waals surface area contributed by atoms with E-state index in [1.165, 1.54) is 16.6 Å². The summed E-state index contributed by atoms with van der Waals surface area (Å²) in [5.74, 6) is -0.578. The number of nitrogens with one attached hydrogen (secondary N) is 2. The summed E-state index contributed by atoms with van der Waals surface area (Å²) >= 11 is 0. The monoisotopic (exact) mass is 449 g/mol. The molecule has 3 aromatic carbocycles. The van der Waals surface area contributed by atoms with E-state index in [4.69, 9.17) is 0 Å². The highest BCUT2D eigenvalue weighted by Gasteiger charge is 2.38. The van der Waals surface area contributed by atoms with Crippen molar-refractivity contribution in [2.24, 2.45) is 0 Å². The van der Waals surface area contributed by atoms with E-state index in [-0.39, 0.29) is 17.2 Å². The van der Waals surface area contributed by atoms with Crippen molar-refractivity contribution in [2.45, 2.75) is 58.4 Å². The van der Waals surface area contributed by atoms with Crippen LogP contribution in [0.4, 0.5) is 0 Å². The van der Waals surface area contributed by atoms with E-state index in [1.54, 1.807) is 0 Å². The Labute approximate surface area is 197 Å². The van der Waals surface area contributed by atoms with Crippen LogP contribution in [0.5, 0.6) is 0 Å². The van der Waals surface area contributed by atoms with Crippen LogP contribution in [0.15, 0.2) is 36.4 Å². The Hall–Kier alpha value is -3.60. The molecule has 2 aromatic heterocycles. The van der Waals surface area contributed by atoms with Crippen LogP contribution < -0.4 is 5.32 Å². The van der Waals surface area contributed by atoms with Crippen LogP contribution in [0.25, 0.3) is 43.6 Å². The average Bonchev–Trinajstić information content (AvgIpc) is 3.45. The second-order valence-corrected chi connectivity index (χ2v) is 10.6. The zero-order chi connectivity index (χ0) is 23.4. The Balaban J connectivity index is 1.76. The summed E-state index contributed by atoms with van der Waals surface area (Å²) in [7, 11) is 0. The molecule has 5 aromatic rings. The number of hydrogen-bond acceptors (Lipinski definition) is 2. The number of aromatic nitrogens is 2. The normalized spacial score (nSPS) is 16.8.